The largest absolute Gasteiger partial charge is 0.405 e. The fourth-order valence-corrected chi connectivity index (χ4v) is 10.7. The molecule has 48 heavy (non-hydrogen) atoms. The Morgan fingerprint density at radius 2 is 1.52 bits per heavy atom. The van der Waals surface area contributed by atoms with Gasteiger partial charge in [0.15, 0.2) is 6.23 Å². The van der Waals surface area contributed by atoms with Gasteiger partial charge in [-0.3, -0.25) is 14.2 Å². The number of ether oxygens (including phenoxy) is 2. The Kier molecular flexibility index (Phi) is 11.4. The van der Waals surface area contributed by atoms with Gasteiger partial charge < -0.3 is 24.3 Å². The molecular formula is C36H44N4O7Si. The first kappa shape index (κ1) is 35.3. The number of hydrogen-bond acceptors (Lipinski definition) is 9. The molecule has 3 aromatic carbocycles. The van der Waals surface area contributed by atoms with Crippen LogP contribution >= 0.6 is 0 Å². The van der Waals surface area contributed by atoms with Crippen LogP contribution in [0.5, 0.6) is 0 Å². The predicted octanol–water partition coefficient (Wildman–Crippen LogP) is 3.21. The quantitative estimate of drug-likeness (QED) is 0.125. The molecule has 0 aliphatic carbocycles. The second kappa shape index (κ2) is 15.5. The van der Waals surface area contributed by atoms with Gasteiger partial charge in [0, 0.05) is 25.9 Å². The zero-order valence-corrected chi connectivity index (χ0v) is 29.0. The Morgan fingerprint density at radius 1 is 0.938 bits per heavy atom. The predicted molar refractivity (Wildman–Crippen MR) is 186 cm³/mol. The molecule has 1 aliphatic rings. The lowest BCUT2D eigenvalue weighted by Gasteiger charge is -2.43. The number of hydroxylamine groups is 2. The number of nitrogens with zero attached hydrogens (tertiary/aromatic N) is 3. The maximum atomic E-state index is 13.3. The van der Waals surface area contributed by atoms with Crippen LogP contribution in [-0.4, -0.2) is 86.2 Å². The van der Waals surface area contributed by atoms with E-state index in [0.29, 0.717) is 5.56 Å². The van der Waals surface area contributed by atoms with Crippen LogP contribution in [0.25, 0.3) is 0 Å². The molecule has 1 aliphatic heterocycles. The van der Waals surface area contributed by atoms with E-state index in [1.807, 2.05) is 42.5 Å². The third kappa shape index (κ3) is 7.82. The monoisotopic (exact) mass is 672 g/mol. The van der Waals surface area contributed by atoms with Crippen LogP contribution in [0.2, 0.25) is 5.04 Å². The Morgan fingerprint density at radius 3 is 2.06 bits per heavy atom. The number of anilines is 1. The van der Waals surface area contributed by atoms with Crippen molar-refractivity contribution >= 4 is 30.4 Å². The van der Waals surface area contributed by atoms with Crippen LogP contribution in [-0.2, 0) is 18.7 Å². The molecule has 0 bridgehead atoms. The van der Waals surface area contributed by atoms with Crippen LogP contribution < -0.4 is 21.4 Å². The summed E-state index contributed by atoms with van der Waals surface area (Å²) in [6.45, 7) is 7.06. The Balaban J connectivity index is 1.43. The molecule has 0 radical (unpaired) electrons. The second-order valence-corrected chi connectivity index (χ2v) is 17.1. The van der Waals surface area contributed by atoms with E-state index in [9.17, 15) is 14.7 Å². The first-order valence-electron chi connectivity index (χ1n) is 16.0. The molecule has 11 nitrogen and oxygen atoms in total. The van der Waals surface area contributed by atoms with E-state index in [0.717, 1.165) is 10.4 Å². The number of hydrogen-bond donors (Lipinski definition) is 2. The zero-order valence-electron chi connectivity index (χ0n) is 28.0. The Hall–Kier alpha value is -4.01. The second-order valence-electron chi connectivity index (χ2n) is 12.8. The molecular weight excluding hydrogens is 629 g/mol. The number of nitrogens with one attached hydrogen (secondary N) is 1. The molecule has 1 saturated heterocycles. The summed E-state index contributed by atoms with van der Waals surface area (Å²) in [4.78, 5) is 35.5. The molecule has 2 N–H and O–H groups in total. The van der Waals surface area contributed by atoms with E-state index in [1.54, 1.807) is 43.4 Å². The summed E-state index contributed by atoms with van der Waals surface area (Å²) in [5, 5.41) is 17.7. The van der Waals surface area contributed by atoms with Gasteiger partial charge in [0.05, 0.1) is 19.8 Å². The summed E-state index contributed by atoms with van der Waals surface area (Å²) in [6, 6.07) is 30.6. The SMILES string of the molecule is CN(C)OCCO[C@H]1[C@@H](O)[C@H](n2ccc(NC(=O)c3ccccc3)nc2=O)O[C@@H]1CO[Si](c1ccccc1)(c1ccccc1)C(C)(C)C. The van der Waals surface area contributed by atoms with Crippen molar-refractivity contribution in [2.24, 2.45) is 0 Å². The summed E-state index contributed by atoms with van der Waals surface area (Å²) >= 11 is 0. The number of benzene rings is 3. The lowest BCUT2D eigenvalue weighted by atomic mass is 10.1. The molecule has 0 unspecified atom stereocenters. The number of carbonyl (C=O) groups excluding carboxylic acids is 1. The summed E-state index contributed by atoms with van der Waals surface area (Å²) in [6.07, 6.45) is -2.49. The number of rotatable bonds is 13. The summed E-state index contributed by atoms with van der Waals surface area (Å²) in [5.41, 5.74) is -0.270. The summed E-state index contributed by atoms with van der Waals surface area (Å²) < 4.78 is 20.9. The van der Waals surface area contributed by atoms with Crippen LogP contribution in [0.4, 0.5) is 5.82 Å². The van der Waals surface area contributed by atoms with Gasteiger partial charge in [0.25, 0.3) is 14.2 Å². The van der Waals surface area contributed by atoms with E-state index in [-0.39, 0.29) is 30.7 Å². The van der Waals surface area contributed by atoms with Gasteiger partial charge in [-0.25, -0.2) is 4.79 Å². The average Bonchev–Trinajstić information content (AvgIpc) is 3.38. The molecule has 5 rings (SSSR count). The smallest absolute Gasteiger partial charge is 0.351 e. The molecule has 0 saturated carbocycles. The van der Waals surface area contributed by atoms with Crippen LogP contribution in [0.15, 0.2) is 108 Å². The van der Waals surface area contributed by atoms with E-state index in [2.05, 4.69) is 55.3 Å². The zero-order chi connectivity index (χ0) is 34.3. The highest BCUT2D eigenvalue weighted by atomic mass is 28.4. The minimum atomic E-state index is -2.95. The van der Waals surface area contributed by atoms with Gasteiger partial charge in [0.2, 0.25) is 0 Å². The minimum Gasteiger partial charge on any atom is -0.405 e. The van der Waals surface area contributed by atoms with E-state index in [1.165, 1.54) is 16.8 Å². The van der Waals surface area contributed by atoms with Gasteiger partial charge in [-0.2, -0.15) is 10.0 Å². The van der Waals surface area contributed by atoms with Gasteiger partial charge in [-0.05, 0) is 33.6 Å². The number of amides is 1. The maximum absolute atomic E-state index is 13.3. The van der Waals surface area contributed by atoms with Crippen LogP contribution in [0.1, 0.15) is 37.4 Å². The third-order valence-electron chi connectivity index (χ3n) is 8.32. The van der Waals surface area contributed by atoms with Crippen molar-refractivity contribution in [1.82, 2.24) is 14.6 Å². The molecule has 12 heteroatoms. The van der Waals surface area contributed by atoms with E-state index >= 15 is 0 Å². The van der Waals surface area contributed by atoms with Gasteiger partial charge in [-0.1, -0.05) is 99.6 Å². The van der Waals surface area contributed by atoms with Crippen molar-refractivity contribution < 1.29 is 28.6 Å². The molecule has 1 amide bonds. The topological polar surface area (TPSA) is 124 Å². The molecule has 4 atom stereocenters. The molecule has 1 fully saturated rings. The first-order chi connectivity index (χ1) is 23.0. The molecule has 4 aromatic rings. The van der Waals surface area contributed by atoms with Crippen molar-refractivity contribution in [2.45, 2.75) is 50.3 Å². The van der Waals surface area contributed by atoms with Crippen molar-refractivity contribution in [2.75, 3.05) is 39.2 Å². The van der Waals surface area contributed by atoms with Crippen LogP contribution in [0, 0.1) is 0 Å². The first-order valence-corrected chi connectivity index (χ1v) is 17.9. The highest BCUT2D eigenvalue weighted by molar-refractivity contribution is 6.99. The maximum Gasteiger partial charge on any atom is 0.351 e. The van der Waals surface area contributed by atoms with E-state index < -0.39 is 44.5 Å². The number of aliphatic hydroxyl groups is 1. The summed E-state index contributed by atoms with van der Waals surface area (Å²) in [5.74, 6) is -0.316. The highest BCUT2D eigenvalue weighted by Gasteiger charge is 2.53. The minimum absolute atomic E-state index is 0.0813. The lowest BCUT2D eigenvalue weighted by Crippen LogP contribution is -2.67. The van der Waals surface area contributed by atoms with E-state index in [4.69, 9.17) is 18.7 Å². The van der Waals surface area contributed by atoms with Crippen molar-refractivity contribution in [1.29, 1.82) is 0 Å². The lowest BCUT2D eigenvalue weighted by molar-refractivity contribution is -0.148. The number of aliphatic hydroxyl groups excluding tert-OH is 1. The number of aromatic nitrogens is 2. The molecule has 2 heterocycles. The Bertz CT molecular complexity index is 1640. The third-order valence-corrected chi connectivity index (χ3v) is 13.3. The fraction of sp³-hybridized carbons (Fsp3) is 0.361. The molecule has 254 valence electrons. The van der Waals surface area contributed by atoms with Gasteiger partial charge in [0.1, 0.15) is 24.1 Å². The number of carbonyl (C=O) groups is 1. The highest BCUT2D eigenvalue weighted by Crippen LogP contribution is 2.38. The van der Waals surface area contributed by atoms with Crippen LogP contribution in [0.3, 0.4) is 0 Å². The van der Waals surface area contributed by atoms with Gasteiger partial charge in [-0.15, -0.1) is 0 Å². The molecule has 0 spiro atoms. The van der Waals surface area contributed by atoms with Crippen molar-refractivity contribution in [3.05, 3.63) is 119 Å². The van der Waals surface area contributed by atoms with Crippen molar-refractivity contribution in [3.8, 4) is 0 Å². The Labute approximate surface area is 282 Å². The molecule has 1 aromatic heterocycles. The van der Waals surface area contributed by atoms with Crippen molar-refractivity contribution in [3.63, 3.8) is 0 Å². The van der Waals surface area contributed by atoms with Gasteiger partial charge >= 0.3 is 5.69 Å². The summed E-state index contributed by atoms with van der Waals surface area (Å²) in [7, 11) is 0.592. The average molecular weight is 673 g/mol. The standard InChI is InChI=1S/C36H44N4O7Si/c1-36(2,3)48(27-17-11-7-12-18-27,28-19-13-8-14-20-28)46-25-29-32(44-23-24-45-39(4)5)31(41)34(47-29)40-22-21-30(38-35(40)43)37-33(42)26-15-9-6-10-16-26/h6-22,29,31-32,34,41H,23-25H2,1-5H3,(H,37,38,42,43)/t29-,31-,32-,34-/m1/s1. The fourth-order valence-electron chi connectivity index (χ4n) is 6.12. The normalized spacial score (nSPS) is 19.8.